The molecule has 3 aromatic rings. The fourth-order valence-corrected chi connectivity index (χ4v) is 2.43. The van der Waals surface area contributed by atoms with E-state index in [0.717, 1.165) is 11.1 Å². The molecule has 0 aliphatic carbocycles. The summed E-state index contributed by atoms with van der Waals surface area (Å²) in [4.78, 5) is 24.0. The van der Waals surface area contributed by atoms with Crippen LogP contribution in [0.2, 0.25) is 0 Å². The summed E-state index contributed by atoms with van der Waals surface area (Å²) in [7, 11) is 1.28. The van der Waals surface area contributed by atoms with E-state index in [9.17, 15) is 9.59 Å². The monoisotopic (exact) mass is 332 g/mol. The number of rotatable bonds is 4. The fraction of sp³-hybridized carbons (Fsp3) is 0.0476. The van der Waals surface area contributed by atoms with E-state index < -0.39 is 5.97 Å². The average Bonchev–Trinajstić information content (AvgIpc) is 2.67. The molecule has 0 N–H and O–H groups in total. The summed E-state index contributed by atoms with van der Waals surface area (Å²) in [6, 6.07) is 20.1. The summed E-state index contributed by atoms with van der Waals surface area (Å²) in [5, 5.41) is 0. The Morgan fingerprint density at radius 3 is 2.16 bits per heavy atom. The van der Waals surface area contributed by atoms with E-state index in [2.05, 4.69) is 4.74 Å². The molecule has 1 aromatic heterocycles. The fourth-order valence-electron chi connectivity index (χ4n) is 2.43. The molecule has 0 fully saturated rings. The summed E-state index contributed by atoms with van der Waals surface area (Å²) < 4.78 is 10.6. The molecular weight excluding hydrogens is 316 g/mol. The second kappa shape index (κ2) is 7.45. The maximum absolute atomic E-state index is 12.6. The number of esters is 1. The van der Waals surface area contributed by atoms with E-state index >= 15 is 0 Å². The largest absolute Gasteiger partial charge is 0.466 e. The van der Waals surface area contributed by atoms with Crippen molar-refractivity contribution < 1.29 is 13.9 Å². The van der Waals surface area contributed by atoms with Crippen LogP contribution in [0.5, 0.6) is 0 Å². The SMILES string of the molecule is COC(=O)/C=C/c1c(-c2ccccc2)oc(-c2ccccc2)cc1=O. The average molecular weight is 332 g/mol. The summed E-state index contributed by atoms with van der Waals surface area (Å²) in [5.74, 6) is 0.345. The molecule has 0 atom stereocenters. The Bertz CT molecular complexity index is 954. The minimum Gasteiger partial charge on any atom is -0.466 e. The number of carbonyl (C=O) groups is 1. The molecule has 0 radical (unpaired) electrons. The topological polar surface area (TPSA) is 56.5 Å². The van der Waals surface area contributed by atoms with E-state index in [1.54, 1.807) is 0 Å². The van der Waals surface area contributed by atoms with Gasteiger partial charge >= 0.3 is 5.97 Å². The van der Waals surface area contributed by atoms with Crippen LogP contribution in [0.1, 0.15) is 5.56 Å². The van der Waals surface area contributed by atoms with Crippen molar-refractivity contribution in [3.05, 3.63) is 88.6 Å². The highest BCUT2D eigenvalue weighted by Gasteiger charge is 2.13. The van der Waals surface area contributed by atoms with E-state index in [4.69, 9.17) is 4.42 Å². The Balaban J connectivity index is 2.20. The van der Waals surface area contributed by atoms with Crippen LogP contribution in [-0.2, 0) is 9.53 Å². The van der Waals surface area contributed by atoms with Gasteiger partial charge in [-0.05, 0) is 6.08 Å². The van der Waals surface area contributed by atoms with Crippen molar-refractivity contribution in [3.8, 4) is 22.6 Å². The van der Waals surface area contributed by atoms with Gasteiger partial charge in [-0.25, -0.2) is 4.79 Å². The molecule has 3 rings (SSSR count). The number of ether oxygens (including phenoxy) is 1. The second-order valence-electron chi connectivity index (χ2n) is 5.31. The van der Waals surface area contributed by atoms with Crippen LogP contribution in [0, 0.1) is 0 Å². The van der Waals surface area contributed by atoms with Gasteiger partial charge in [0.1, 0.15) is 11.5 Å². The van der Waals surface area contributed by atoms with Crippen molar-refractivity contribution in [1.29, 1.82) is 0 Å². The van der Waals surface area contributed by atoms with Crippen LogP contribution in [0.4, 0.5) is 0 Å². The molecule has 25 heavy (non-hydrogen) atoms. The quantitative estimate of drug-likeness (QED) is 0.532. The summed E-state index contributed by atoms with van der Waals surface area (Å²) in [6.45, 7) is 0. The normalized spacial score (nSPS) is 10.8. The van der Waals surface area contributed by atoms with Crippen LogP contribution in [0.25, 0.3) is 28.7 Å². The van der Waals surface area contributed by atoms with Gasteiger partial charge in [0, 0.05) is 23.3 Å². The molecule has 0 saturated carbocycles. The number of carbonyl (C=O) groups excluding carboxylic acids is 1. The highest BCUT2D eigenvalue weighted by molar-refractivity contribution is 5.88. The zero-order valence-electron chi connectivity index (χ0n) is 13.6. The lowest BCUT2D eigenvalue weighted by Crippen LogP contribution is -2.07. The smallest absolute Gasteiger partial charge is 0.330 e. The molecule has 0 unspecified atom stereocenters. The highest BCUT2D eigenvalue weighted by atomic mass is 16.5. The first-order valence-electron chi connectivity index (χ1n) is 7.74. The Morgan fingerprint density at radius 2 is 1.56 bits per heavy atom. The van der Waals surface area contributed by atoms with E-state index in [-0.39, 0.29) is 5.43 Å². The lowest BCUT2D eigenvalue weighted by molar-refractivity contribution is -0.134. The molecule has 4 nitrogen and oxygen atoms in total. The minimum absolute atomic E-state index is 0.232. The zero-order valence-corrected chi connectivity index (χ0v) is 13.6. The number of hydrogen-bond acceptors (Lipinski definition) is 4. The van der Waals surface area contributed by atoms with Gasteiger partial charge < -0.3 is 9.15 Å². The van der Waals surface area contributed by atoms with Gasteiger partial charge in [-0.1, -0.05) is 60.7 Å². The lowest BCUT2D eigenvalue weighted by atomic mass is 10.0. The maximum atomic E-state index is 12.6. The molecule has 124 valence electrons. The molecule has 0 saturated heterocycles. The molecular formula is C21H16O4. The molecule has 0 spiro atoms. The summed E-state index contributed by atoms with van der Waals surface area (Å²) >= 11 is 0. The van der Waals surface area contributed by atoms with Gasteiger partial charge in [0.25, 0.3) is 0 Å². The molecule has 0 amide bonds. The molecule has 2 aromatic carbocycles. The molecule has 4 heteroatoms. The van der Waals surface area contributed by atoms with Crippen molar-refractivity contribution in [1.82, 2.24) is 0 Å². The van der Waals surface area contributed by atoms with Crippen LogP contribution >= 0.6 is 0 Å². The van der Waals surface area contributed by atoms with Gasteiger partial charge in [0.15, 0.2) is 5.43 Å². The summed E-state index contributed by atoms with van der Waals surface area (Å²) in [5.41, 5.74) is 1.63. The van der Waals surface area contributed by atoms with Crippen molar-refractivity contribution in [3.63, 3.8) is 0 Å². The van der Waals surface area contributed by atoms with Crippen molar-refractivity contribution >= 4 is 12.0 Å². The van der Waals surface area contributed by atoms with Crippen molar-refractivity contribution in [2.24, 2.45) is 0 Å². The Morgan fingerprint density at radius 1 is 0.960 bits per heavy atom. The third kappa shape index (κ3) is 3.75. The van der Waals surface area contributed by atoms with Crippen LogP contribution in [0.15, 0.2) is 82.0 Å². The number of hydrogen-bond donors (Lipinski definition) is 0. The highest BCUT2D eigenvalue weighted by Crippen LogP contribution is 2.28. The van der Waals surface area contributed by atoms with Crippen LogP contribution in [-0.4, -0.2) is 13.1 Å². The number of methoxy groups -OCH3 is 1. The lowest BCUT2D eigenvalue weighted by Gasteiger charge is -2.08. The third-order valence-electron chi connectivity index (χ3n) is 3.67. The van der Waals surface area contributed by atoms with Crippen LogP contribution < -0.4 is 5.43 Å². The van der Waals surface area contributed by atoms with Crippen LogP contribution in [0.3, 0.4) is 0 Å². The van der Waals surface area contributed by atoms with E-state index in [1.807, 2.05) is 60.7 Å². The van der Waals surface area contributed by atoms with Gasteiger partial charge in [0.2, 0.25) is 0 Å². The van der Waals surface area contributed by atoms with Crippen molar-refractivity contribution in [2.75, 3.05) is 7.11 Å². The number of benzene rings is 2. The van der Waals surface area contributed by atoms with E-state index in [0.29, 0.717) is 17.1 Å². The Hall–Kier alpha value is -3.40. The predicted molar refractivity (Wildman–Crippen MR) is 96.9 cm³/mol. The van der Waals surface area contributed by atoms with Gasteiger partial charge in [-0.2, -0.15) is 0 Å². The van der Waals surface area contributed by atoms with Gasteiger partial charge in [-0.3, -0.25) is 4.79 Å². The zero-order chi connectivity index (χ0) is 17.6. The maximum Gasteiger partial charge on any atom is 0.330 e. The molecule has 1 heterocycles. The van der Waals surface area contributed by atoms with Gasteiger partial charge in [0.05, 0.1) is 12.7 Å². The van der Waals surface area contributed by atoms with E-state index in [1.165, 1.54) is 25.3 Å². The minimum atomic E-state index is -0.537. The van der Waals surface area contributed by atoms with Crippen molar-refractivity contribution in [2.45, 2.75) is 0 Å². The first-order valence-corrected chi connectivity index (χ1v) is 7.74. The Kier molecular flexibility index (Phi) is 4.90. The van der Waals surface area contributed by atoms with Gasteiger partial charge in [-0.15, -0.1) is 0 Å². The standard InChI is InChI=1S/C21H16O4/c1-24-20(23)13-12-17-18(22)14-19(15-8-4-2-5-9-15)25-21(17)16-10-6-3-7-11-16/h2-14H,1H3/b13-12+. The molecule has 0 aliphatic heterocycles. The third-order valence-corrected chi connectivity index (χ3v) is 3.67. The molecule has 0 aliphatic rings. The molecule has 0 bridgehead atoms. The first kappa shape index (κ1) is 16.5. The summed E-state index contributed by atoms with van der Waals surface area (Å²) in [6.07, 6.45) is 2.63. The predicted octanol–water partition coefficient (Wildman–Crippen LogP) is 4.16. The Labute approximate surface area is 145 Å². The first-order chi connectivity index (χ1) is 12.2. The second-order valence-corrected chi connectivity index (χ2v) is 5.31.